The highest BCUT2D eigenvalue weighted by Gasteiger charge is 2.25. The van der Waals surface area contributed by atoms with Gasteiger partial charge in [-0.15, -0.1) is 0 Å². The number of ether oxygens (including phenoxy) is 1. The standard InChI is InChI=1S/C13H15Cl2NO4S/c1-8-9(4-5-20-8)7-16-13(17)11-6-10(21(15,18)19)2-3-12(11)14/h2-3,6,8-9H,4-5,7H2,1H3,(H,16,17). The van der Waals surface area contributed by atoms with Gasteiger partial charge < -0.3 is 10.1 Å². The molecule has 1 aromatic rings. The van der Waals surface area contributed by atoms with Crippen molar-refractivity contribution in [2.45, 2.75) is 24.3 Å². The number of halogens is 2. The van der Waals surface area contributed by atoms with Gasteiger partial charge in [-0.25, -0.2) is 8.42 Å². The number of carbonyl (C=O) groups is 1. The van der Waals surface area contributed by atoms with Crippen molar-refractivity contribution < 1.29 is 17.9 Å². The van der Waals surface area contributed by atoms with E-state index in [1.54, 1.807) is 0 Å². The van der Waals surface area contributed by atoms with Gasteiger partial charge in [-0.1, -0.05) is 11.6 Å². The van der Waals surface area contributed by atoms with Crippen LogP contribution in [-0.4, -0.2) is 33.6 Å². The van der Waals surface area contributed by atoms with Gasteiger partial charge in [0.05, 0.1) is 21.6 Å². The summed E-state index contributed by atoms with van der Waals surface area (Å²) in [7, 11) is 1.37. The van der Waals surface area contributed by atoms with Gasteiger partial charge in [-0.05, 0) is 31.5 Å². The Balaban J connectivity index is 2.11. The predicted octanol–water partition coefficient (Wildman–Crippen LogP) is 2.42. The summed E-state index contributed by atoms with van der Waals surface area (Å²) in [5.74, 6) is -0.186. The van der Waals surface area contributed by atoms with Crippen LogP contribution in [0.2, 0.25) is 5.02 Å². The molecule has 1 saturated heterocycles. The summed E-state index contributed by atoms with van der Waals surface area (Å²) in [5, 5.41) is 2.92. The Labute approximate surface area is 133 Å². The van der Waals surface area contributed by atoms with E-state index in [0.717, 1.165) is 6.42 Å². The van der Waals surface area contributed by atoms with Crippen LogP contribution in [0.25, 0.3) is 0 Å². The molecule has 0 aromatic heterocycles. The lowest BCUT2D eigenvalue weighted by atomic mass is 10.0. The number of carbonyl (C=O) groups excluding carboxylic acids is 1. The number of hydrogen-bond acceptors (Lipinski definition) is 4. The maximum atomic E-state index is 12.1. The van der Waals surface area contributed by atoms with Crippen LogP contribution in [0, 0.1) is 5.92 Å². The summed E-state index contributed by atoms with van der Waals surface area (Å²) < 4.78 is 28.0. The first kappa shape index (κ1) is 16.5. The second-order valence-electron chi connectivity index (χ2n) is 4.91. The lowest BCUT2D eigenvalue weighted by Gasteiger charge is -2.15. The molecule has 1 aromatic carbocycles. The largest absolute Gasteiger partial charge is 0.378 e. The van der Waals surface area contributed by atoms with Crippen LogP contribution in [0.15, 0.2) is 23.1 Å². The summed E-state index contributed by atoms with van der Waals surface area (Å²) in [4.78, 5) is 12.0. The Morgan fingerprint density at radius 1 is 1.48 bits per heavy atom. The molecule has 2 atom stereocenters. The van der Waals surface area contributed by atoms with Crippen LogP contribution in [0.3, 0.4) is 0 Å². The van der Waals surface area contributed by atoms with Crippen molar-refractivity contribution in [2.75, 3.05) is 13.2 Å². The molecule has 2 rings (SSSR count). The highest BCUT2D eigenvalue weighted by atomic mass is 35.7. The fourth-order valence-electron chi connectivity index (χ4n) is 2.19. The van der Waals surface area contributed by atoms with Crippen LogP contribution >= 0.6 is 22.3 Å². The summed E-state index contributed by atoms with van der Waals surface area (Å²) >= 11 is 5.94. The van der Waals surface area contributed by atoms with Crippen molar-refractivity contribution >= 4 is 37.2 Å². The molecule has 0 aliphatic carbocycles. The zero-order chi connectivity index (χ0) is 15.6. The monoisotopic (exact) mass is 351 g/mol. The molecule has 2 unspecified atom stereocenters. The Bertz CT molecular complexity index is 648. The van der Waals surface area contributed by atoms with Crippen LogP contribution in [0.5, 0.6) is 0 Å². The van der Waals surface area contributed by atoms with E-state index >= 15 is 0 Å². The molecular weight excluding hydrogens is 337 g/mol. The smallest absolute Gasteiger partial charge is 0.261 e. The molecular formula is C13H15Cl2NO4S. The molecule has 0 radical (unpaired) electrons. The molecule has 1 amide bonds. The van der Waals surface area contributed by atoms with E-state index in [1.165, 1.54) is 18.2 Å². The third kappa shape index (κ3) is 4.10. The Morgan fingerprint density at radius 2 is 2.19 bits per heavy atom. The second-order valence-corrected chi connectivity index (χ2v) is 7.89. The normalized spacial score (nSPS) is 22.2. The maximum Gasteiger partial charge on any atom is 0.261 e. The lowest BCUT2D eigenvalue weighted by molar-refractivity contribution is 0.0907. The van der Waals surface area contributed by atoms with E-state index in [-0.39, 0.29) is 27.5 Å². The average molecular weight is 352 g/mol. The molecule has 0 spiro atoms. The maximum absolute atomic E-state index is 12.1. The van der Waals surface area contributed by atoms with Crippen molar-refractivity contribution in [2.24, 2.45) is 5.92 Å². The van der Waals surface area contributed by atoms with Crippen molar-refractivity contribution in [3.63, 3.8) is 0 Å². The van der Waals surface area contributed by atoms with E-state index in [9.17, 15) is 13.2 Å². The minimum absolute atomic E-state index is 0.0879. The molecule has 21 heavy (non-hydrogen) atoms. The average Bonchev–Trinajstić information content (AvgIpc) is 2.80. The fourth-order valence-corrected chi connectivity index (χ4v) is 3.17. The molecule has 1 aliphatic rings. The molecule has 1 fully saturated rings. The molecule has 1 N–H and O–H groups in total. The van der Waals surface area contributed by atoms with Gasteiger partial charge in [0.15, 0.2) is 0 Å². The molecule has 5 nitrogen and oxygen atoms in total. The number of hydrogen-bond donors (Lipinski definition) is 1. The first-order valence-electron chi connectivity index (χ1n) is 6.43. The number of benzene rings is 1. The molecule has 0 bridgehead atoms. The van der Waals surface area contributed by atoms with Crippen LogP contribution < -0.4 is 5.32 Å². The molecule has 116 valence electrons. The Morgan fingerprint density at radius 3 is 2.76 bits per heavy atom. The van der Waals surface area contributed by atoms with Crippen LogP contribution in [0.1, 0.15) is 23.7 Å². The molecule has 0 saturated carbocycles. The first-order valence-corrected chi connectivity index (χ1v) is 9.12. The van der Waals surface area contributed by atoms with E-state index in [4.69, 9.17) is 27.0 Å². The molecule has 1 aliphatic heterocycles. The second kappa shape index (κ2) is 6.52. The zero-order valence-corrected chi connectivity index (χ0v) is 13.6. The summed E-state index contributed by atoms with van der Waals surface area (Å²) in [6.07, 6.45) is 0.973. The Kier molecular flexibility index (Phi) is 5.14. The van der Waals surface area contributed by atoms with E-state index < -0.39 is 15.0 Å². The van der Waals surface area contributed by atoms with Gasteiger partial charge in [-0.2, -0.15) is 0 Å². The molecule has 1 heterocycles. The van der Waals surface area contributed by atoms with Gasteiger partial charge in [0.2, 0.25) is 0 Å². The molecule has 8 heteroatoms. The minimum atomic E-state index is -3.90. The van der Waals surface area contributed by atoms with Crippen molar-refractivity contribution in [1.82, 2.24) is 5.32 Å². The fraction of sp³-hybridized carbons (Fsp3) is 0.462. The minimum Gasteiger partial charge on any atom is -0.378 e. The van der Waals surface area contributed by atoms with Crippen molar-refractivity contribution in [3.8, 4) is 0 Å². The number of nitrogens with one attached hydrogen (secondary N) is 1. The van der Waals surface area contributed by atoms with E-state index in [0.29, 0.717) is 13.2 Å². The van der Waals surface area contributed by atoms with Crippen molar-refractivity contribution in [1.29, 1.82) is 0 Å². The topological polar surface area (TPSA) is 72.5 Å². The van der Waals surface area contributed by atoms with Crippen LogP contribution in [-0.2, 0) is 13.8 Å². The summed E-state index contributed by atoms with van der Waals surface area (Å²) in [6, 6.07) is 3.77. The van der Waals surface area contributed by atoms with E-state index in [2.05, 4.69) is 5.32 Å². The lowest BCUT2D eigenvalue weighted by Crippen LogP contribution is -2.32. The van der Waals surface area contributed by atoms with Gasteiger partial charge in [0.25, 0.3) is 15.0 Å². The quantitative estimate of drug-likeness (QED) is 0.845. The number of rotatable bonds is 4. The highest BCUT2D eigenvalue weighted by Crippen LogP contribution is 2.23. The zero-order valence-electron chi connectivity index (χ0n) is 11.3. The third-order valence-corrected chi connectivity index (χ3v) is 5.20. The van der Waals surface area contributed by atoms with E-state index in [1.807, 2.05) is 6.92 Å². The summed E-state index contributed by atoms with van der Waals surface area (Å²) in [5.41, 5.74) is 0.0879. The van der Waals surface area contributed by atoms with Gasteiger partial charge in [-0.3, -0.25) is 4.79 Å². The van der Waals surface area contributed by atoms with Crippen molar-refractivity contribution in [3.05, 3.63) is 28.8 Å². The summed E-state index contributed by atoms with van der Waals surface area (Å²) in [6.45, 7) is 3.09. The Hall–Kier alpha value is -0.820. The van der Waals surface area contributed by atoms with Crippen LogP contribution in [0.4, 0.5) is 0 Å². The SMILES string of the molecule is CC1OCCC1CNC(=O)c1cc(S(=O)(=O)Cl)ccc1Cl. The van der Waals surface area contributed by atoms with Gasteiger partial charge in [0, 0.05) is 29.8 Å². The third-order valence-electron chi connectivity index (χ3n) is 3.52. The number of amides is 1. The first-order chi connectivity index (χ1) is 9.79. The van der Waals surface area contributed by atoms with Gasteiger partial charge in [0.1, 0.15) is 0 Å². The van der Waals surface area contributed by atoms with Gasteiger partial charge >= 0.3 is 0 Å². The highest BCUT2D eigenvalue weighted by molar-refractivity contribution is 8.13. The predicted molar refractivity (Wildman–Crippen MR) is 80.3 cm³/mol.